The van der Waals surface area contributed by atoms with Gasteiger partial charge in [-0.1, -0.05) is 43.3 Å². The summed E-state index contributed by atoms with van der Waals surface area (Å²) in [5, 5.41) is 12.8. The summed E-state index contributed by atoms with van der Waals surface area (Å²) >= 11 is 0. The molecule has 118 valence electrons. The van der Waals surface area contributed by atoms with Crippen molar-refractivity contribution in [2.24, 2.45) is 0 Å². The van der Waals surface area contributed by atoms with Crippen LogP contribution in [0, 0.1) is 0 Å². The van der Waals surface area contributed by atoms with E-state index < -0.39 is 7.12 Å². The summed E-state index contributed by atoms with van der Waals surface area (Å²) in [6.07, 6.45) is 1.66. The van der Waals surface area contributed by atoms with E-state index in [1.54, 1.807) is 12.1 Å². The molecule has 4 nitrogen and oxygen atoms in total. The molecule has 2 aromatic carbocycles. The van der Waals surface area contributed by atoms with E-state index in [0.29, 0.717) is 17.6 Å². The molecule has 2 N–H and O–H groups in total. The normalized spacial score (nSPS) is 14.4. The van der Waals surface area contributed by atoms with E-state index in [4.69, 9.17) is 4.65 Å². The molecule has 1 heterocycles. The van der Waals surface area contributed by atoms with Crippen LogP contribution in [0.25, 0.3) is 0 Å². The largest absolute Gasteiger partial charge is 0.491 e. The van der Waals surface area contributed by atoms with Gasteiger partial charge in [0.15, 0.2) is 0 Å². The Hall–Kier alpha value is -2.11. The van der Waals surface area contributed by atoms with Gasteiger partial charge in [0.25, 0.3) is 5.91 Å². The molecule has 1 atom stereocenters. The van der Waals surface area contributed by atoms with Crippen LogP contribution in [-0.2, 0) is 17.7 Å². The zero-order chi connectivity index (χ0) is 16.2. The van der Waals surface area contributed by atoms with Gasteiger partial charge in [-0.3, -0.25) is 4.79 Å². The van der Waals surface area contributed by atoms with Crippen LogP contribution in [0.4, 0.5) is 0 Å². The lowest BCUT2D eigenvalue weighted by atomic mass is 9.78. The van der Waals surface area contributed by atoms with E-state index in [9.17, 15) is 9.82 Å². The maximum atomic E-state index is 12.5. The summed E-state index contributed by atoms with van der Waals surface area (Å²) in [7, 11) is -0.927. The number of carbonyl (C=O) groups is 1. The second-order valence-electron chi connectivity index (χ2n) is 5.85. The van der Waals surface area contributed by atoms with Crippen LogP contribution >= 0.6 is 0 Å². The number of fused-ring (bicyclic) bond motifs is 1. The second-order valence-corrected chi connectivity index (χ2v) is 5.85. The summed E-state index contributed by atoms with van der Waals surface area (Å²) < 4.78 is 5.16. The Balaban J connectivity index is 1.69. The molecule has 23 heavy (non-hydrogen) atoms. The molecule has 5 heteroatoms. The van der Waals surface area contributed by atoms with Crippen LogP contribution in [0.1, 0.15) is 34.8 Å². The van der Waals surface area contributed by atoms with Gasteiger partial charge in [-0.2, -0.15) is 0 Å². The molecular formula is C18H20BNO3. The Labute approximate surface area is 136 Å². The molecule has 0 spiro atoms. The van der Waals surface area contributed by atoms with Crippen LogP contribution in [0.3, 0.4) is 0 Å². The highest BCUT2D eigenvalue weighted by Gasteiger charge is 2.28. The fourth-order valence-electron chi connectivity index (χ4n) is 2.82. The predicted octanol–water partition coefficient (Wildman–Crippen LogP) is 1.66. The Morgan fingerprint density at radius 2 is 2.09 bits per heavy atom. The number of rotatable bonds is 5. The zero-order valence-corrected chi connectivity index (χ0v) is 13.2. The Bertz CT molecular complexity index is 690. The van der Waals surface area contributed by atoms with Gasteiger partial charge in [0.2, 0.25) is 0 Å². The predicted molar refractivity (Wildman–Crippen MR) is 90.5 cm³/mol. The first-order valence-electron chi connectivity index (χ1n) is 7.94. The number of benzene rings is 2. The molecule has 0 aliphatic carbocycles. The van der Waals surface area contributed by atoms with Crippen molar-refractivity contribution >= 4 is 18.5 Å². The van der Waals surface area contributed by atoms with Crippen molar-refractivity contribution in [2.75, 3.05) is 0 Å². The van der Waals surface area contributed by atoms with Gasteiger partial charge in [0.05, 0.1) is 6.61 Å². The Morgan fingerprint density at radius 1 is 1.30 bits per heavy atom. The number of carbonyl (C=O) groups excluding carboxylic acids is 1. The number of hydrogen-bond acceptors (Lipinski definition) is 3. The van der Waals surface area contributed by atoms with Crippen molar-refractivity contribution in [3.05, 3.63) is 65.2 Å². The minimum absolute atomic E-state index is 0.0827. The highest BCUT2D eigenvalue weighted by molar-refractivity contribution is 6.61. The summed E-state index contributed by atoms with van der Waals surface area (Å²) in [5.41, 5.74) is 3.39. The lowest BCUT2D eigenvalue weighted by Crippen LogP contribution is -2.37. The first-order valence-corrected chi connectivity index (χ1v) is 7.94. The maximum absolute atomic E-state index is 12.5. The van der Waals surface area contributed by atoms with Gasteiger partial charge in [-0.25, -0.2) is 0 Å². The molecule has 1 amide bonds. The summed E-state index contributed by atoms with van der Waals surface area (Å²) in [4.78, 5) is 12.5. The topological polar surface area (TPSA) is 58.6 Å². The lowest BCUT2D eigenvalue weighted by Gasteiger charge is -2.17. The lowest BCUT2D eigenvalue weighted by molar-refractivity contribution is 0.0936. The third-order valence-corrected chi connectivity index (χ3v) is 4.22. The third-order valence-electron chi connectivity index (χ3n) is 4.22. The molecule has 1 unspecified atom stereocenters. The molecule has 0 bridgehead atoms. The van der Waals surface area contributed by atoms with Gasteiger partial charge in [0, 0.05) is 11.6 Å². The molecule has 1 aliphatic heterocycles. The molecule has 0 aromatic heterocycles. The Kier molecular flexibility index (Phi) is 4.79. The Morgan fingerprint density at radius 3 is 2.83 bits per heavy atom. The van der Waals surface area contributed by atoms with E-state index in [2.05, 4.69) is 24.4 Å². The van der Waals surface area contributed by atoms with E-state index in [1.165, 1.54) is 5.56 Å². The monoisotopic (exact) mass is 309 g/mol. The van der Waals surface area contributed by atoms with E-state index >= 15 is 0 Å². The van der Waals surface area contributed by atoms with Crippen molar-refractivity contribution in [1.29, 1.82) is 0 Å². The van der Waals surface area contributed by atoms with Crippen molar-refractivity contribution in [3.8, 4) is 0 Å². The summed E-state index contributed by atoms with van der Waals surface area (Å²) in [6.45, 7) is 2.46. The molecule has 0 saturated carbocycles. The number of nitrogens with one attached hydrogen (secondary N) is 1. The standard InChI is InChI=1S/C18H20BNO3/c1-2-16(10-13-6-4-3-5-7-13)20-18(21)14-8-9-15-12-23-19(22)17(15)11-14/h3-9,11,16,22H,2,10,12H2,1H3,(H,20,21). The molecule has 2 aromatic rings. The first-order chi connectivity index (χ1) is 11.2. The smallest absolute Gasteiger partial charge is 0.423 e. The highest BCUT2D eigenvalue weighted by Crippen LogP contribution is 2.12. The van der Waals surface area contributed by atoms with Crippen LogP contribution in [0.5, 0.6) is 0 Å². The van der Waals surface area contributed by atoms with Crippen LogP contribution in [0.2, 0.25) is 0 Å². The van der Waals surface area contributed by atoms with Gasteiger partial charge in [-0.15, -0.1) is 0 Å². The number of hydrogen-bond donors (Lipinski definition) is 2. The molecule has 3 rings (SSSR count). The van der Waals surface area contributed by atoms with Gasteiger partial charge in [-0.05, 0) is 41.6 Å². The third kappa shape index (κ3) is 3.63. The average molecular weight is 309 g/mol. The minimum Gasteiger partial charge on any atom is -0.423 e. The van der Waals surface area contributed by atoms with Crippen LogP contribution < -0.4 is 10.8 Å². The van der Waals surface area contributed by atoms with E-state index in [-0.39, 0.29) is 11.9 Å². The van der Waals surface area contributed by atoms with Gasteiger partial charge in [0.1, 0.15) is 0 Å². The average Bonchev–Trinajstić information content (AvgIpc) is 2.95. The van der Waals surface area contributed by atoms with Crippen molar-refractivity contribution in [3.63, 3.8) is 0 Å². The fourth-order valence-corrected chi connectivity index (χ4v) is 2.82. The van der Waals surface area contributed by atoms with E-state index in [1.807, 2.05) is 24.3 Å². The summed E-state index contributed by atoms with van der Waals surface area (Å²) in [5.74, 6) is -0.116. The van der Waals surface area contributed by atoms with Crippen molar-refractivity contribution in [2.45, 2.75) is 32.4 Å². The molecule has 0 saturated heterocycles. The quantitative estimate of drug-likeness (QED) is 0.826. The van der Waals surface area contributed by atoms with Crippen LogP contribution in [-0.4, -0.2) is 24.1 Å². The van der Waals surface area contributed by atoms with Gasteiger partial charge < -0.3 is 15.0 Å². The SMILES string of the molecule is CCC(Cc1ccccc1)NC(=O)c1ccc2c(c1)B(O)OC2. The van der Waals surface area contributed by atoms with Crippen molar-refractivity contribution < 1.29 is 14.5 Å². The second kappa shape index (κ2) is 6.98. The minimum atomic E-state index is -0.927. The number of amides is 1. The maximum Gasteiger partial charge on any atom is 0.491 e. The summed E-state index contributed by atoms with van der Waals surface area (Å²) in [6, 6.07) is 15.6. The first kappa shape index (κ1) is 15.8. The highest BCUT2D eigenvalue weighted by atomic mass is 16.5. The fraction of sp³-hybridized carbons (Fsp3) is 0.278. The van der Waals surface area contributed by atoms with Crippen molar-refractivity contribution in [1.82, 2.24) is 5.32 Å². The van der Waals surface area contributed by atoms with E-state index in [0.717, 1.165) is 18.4 Å². The van der Waals surface area contributed by atoms with Gasteiger partial charge >= 0.3 is 7.12 Å². The molecule has 1 aliphatic rings. The molecule has 0 fully saturated rings. The molecular weight excluding hydrogens is 289 g/mol. The zero-order valence-electron chi connectivity index (χ0n) is 13.2. The van der Waals surface area contributed by atoms with Crippen LogP contribution in [0.15, 0.2) is 48.5 Å². The molecule has 0 radical (unpaired) electrons.